The van der Waals surface area contributed by atoms with Gasteiger partial charge >= 0.3 is 0 Å². The summed E-state index contributed by atoms with van der Waals surface area (Å²) < 4.78 is 7.57. The highest BCUT2D eigenvalue weighted by atomic mass is 16.5. The van der Waals surface area contributed by atoms with Gasteiger partial charge in [0.1, 0.15) is 0 Å². The van der Waals surface area contributed by atoms with Crippen LogP contribution in [0.4, 0.5) is 5.69 Å². The zero-order valence-electron chi connectivity index (χ0n) is 10.3. The van der Waals surface area contributed by atoms with E-state index in [9.17, 15) is 0 Å². The van der Waals surface area contributed by atoms with E-state index in [1.165, 1.54) is 0 Å². The molecule has 0 aliphatic carbocycles. The van der Waals surface area contributed by atoms with Crippen molar-refractivity contribution in [1.82, 2.24) is 9.78 Å². The Hall–Kier alpha value is -1.03. The SMILES string of the molecule is CC(C)C1CC(Nc2cnn(C)c2)CCO1. The molecule has 4 nitrogen and oxygen atoms in total. The summed E-state index contributed by atoms with van der Waals surface area (Å²) in [5.74, 6) is 0.596. The van der Waals surface area contributed by atoms with Crippen LogP contribution in [-0.2, 0) is 11.8 Å². The molecule has 16 heavy (non-hydrogen) atoms. The Kier molecular flexibility index (Phi) is 3.49. The minimum Gasteiger partial charge on any atom is -0.380 e. The van der Waals surface area contributed by atoms with Crippen LogP contribution in [0.1, 0.15) is 26.7 Å². The average molecular weight is 223 g/mol. The molecular weight excluding hydrogens is 202 g/mol. The molecule has 1 aromatic rings. The van der Waals surface area contributed by atoms with E-state index in [0.717, 1.165) is 25.1 Å². The van der Waals surface area contributed by atoms with Crippen molar-refractivity contribution in [2.75, 3.05) is 11.9 Å². The third kappa shape index (κ3) is 2.76. The number of aryl methyl sites for hydroxylation is 1. The van der Waals surface area contributed by atoms with Gasteiger partial charge in [0.2, 0.25) is 0 Å². The van der Waals surface area contributed by atoms with Crippen molar-refractivity contribution < 1.29 is 4.74 Å². The number of nitrogens with zero attached hydrogens (tertiary/aromatic N) is 2. The first-order valence-electron chi connectivity index (χ1n) is 6.02. The third-order valence-electron chi connectivity index (χ3n) is 3.13. The highest BCUT2D eigenvalue weighted by Gasteiger charge is 2.24. The summed E-state index contributed by atoms with van der Waals surface area (Å²) in [6.45, 7) is 5.30. The molecule has 1 aliphatic heterocycles. The fraction of sp³-hybridized carbons (Fsp3) is 0.750. The summed E-state index contributed by atoms with van der Waals surface area (Å²) in [7, 11) is 1.94. The largest absolute Gasteiger partial charge is 0.380 e. The molecule has 90 valence electrons. The Labute approximate surface area is 97.0 Å². The minimum absolute atomic E-state index is 0.392. The van der Waals surface area contributed by atoms with Crippen LogP contribution in [0.15, 0.2) is 12.4 Å². The topological polar surface area (TPSA) is 39.1 Å². The van der Waals surface area contributed by atoms with Crippen molar-refractivity contribution in [1.29, 1.82) is 0 Å². The summed E-state index contributed by atoms with van der Waals surface area (Å²) in [4.78, 5) is 0. The predicted molar refractivity (Wildman–Crippen MR) is 64.4 cm³/mol. The molecule has 0 amide bonds. The van der Waals surface area contributed by atoms with E-state index in [2.05, 4.69) is 24.3 Å². The second kappa shape index (κ2) is 4.87. The van der Waals surface area contributed by atoms with Crippen molar-refractivity contribution in [3.05, 3.63) is 12.4 Å². The molecule has 0 saturated carbocycles. The number of anilines is 1. The second-order valence-electron chi connectivity index (χ2n) is 4.92. The van der Waals surface area contributed by atoms with Crippen LogP contribution in [0.3, 0.4) is 0 Å². The van der Waals surface area contributed by atoms with Gasteiger partial charge in [0.25, 0.3) is 0 Å². The Morgan fingerprint density at radius 2 is 2.38 bits per heavy atom. The molecular formula is C12H21N3O. The van der Waals surface area contributed by atoms with E-state index in [-0.39, 0.29) is 0 Å². The van der Waals surface area contributed by atoms with Gasteiger partial charge in [-0.1, -0.05) is 13.8 Å². The number of rotatable bonds is 3. The molecule has 2 heterocycles. The van der Waals surface area contributed by atoms with Gasteiger partial charge in [0.15, 0.2) is 0 Å². The Balaban J connectivity index is 1.90. The maximum atomic E-state index is 5.75. The molecule has 0 radical (unpaired) electrons. The lowest BCUT2D eigenvalue weighted by Gasteiger charge is -2.32. The van der Waals surface area contributed by atoms with Gasteiger partial charge < -0.3 is 10.1 Å². The van der Waals surface area contributed by atoms with E-state index in [4.69, 9.17) is 4.74 Å². The summed E-state index contributed by atoms with van der Waals surface area (Å²) >= 11 is 0. The monoisotopic (exact) mass is 223 g/mol. The average Bonchev–Trinajstić information content (AvgIpc) is 2.64. The Bertz CT molecular complexity index is 335. The summed E-state index contributed by atoms with van der Waals surface area (Å²) in [6, 6.07) is 0.519. The molecule has 1 aliphatic rings. The van der Waals surface area contributed by atoms with Gasteiger partial charge in [0.05, 0.1) is 18.0 Å². The summed E-state index contributed by atoms with van der Waals surface area (Å²) in [6.07, 6.45) is 6.45. The number of aromatic nitrogens is 2. The van der Waals surface area contributed by atoms with E-state index >= 15 is 0 Å². The Morgan fingerprint density at radius 3 is 3.00 bits per heavy atom. The van der Waals surface area contributed by atoms with E-state index in [1.54, 1.807) is 0 Å². The minimum atomic E-state index is 0.392. The van der Waals surface area contributed by atoms with Gasteiger partial charge in [-0.15, -0.1) is 0 Å². The zero-order chi connectivity index (χ0) is 11.5. The smallest absolute Gasteiger partial charge is 0.0728 e. The van der Waals surface area contributed by atoms with Crippen molar-refractivity contribution in [3.8, 4) is 0 Å². The molecule has 2 atom stereocenters. The number of ether oxygens (including phenoxy) is 1. The van der Waals surface area contributed by atoms with Crippen LogP contribution < -0.4 is 5.32 Å². The van der Waals surface area contributed by atoms with Crippen molar-refractivity contribution in [2.24, 2.45) is 13.0 Å². The molecule has 0 spiro atoms. The second-order valence-corrected chi connectivity index (χ2v) is 4.92. The highest BCUT2D eigenvalue weighted by molar-refractivity contribution is 5.39. The van der Waals surface area contributed by atoms with Gasteiger partial charge in [-0.05, 0) is 18.8 Å². The zero-order valence-corrected chi connectivity index (χ0v) is 10.3. The first kappa shape index (κ1) is 11.5. The van der Waals surface area contributed by atoms with Crippen LogP contribution in [0.2, 0.25) is 0 Å². The lowest BCUT2D eigenvalue weighted by molar-refractivity contribution is -0.0160. The van der Waals surface area contributed by atoms with Crippen molar-refractivity contribution in [3.63, 3.8) is 0 Å². The first-order chi connectivity index (χ1) is 7.65. The fourth-order valence-electron chi connectivity index (χ4n) is 2.16. The molecule has 0 bridgehead atoms. The molecule has 2 unspecified atom stereocenters. The quantitative estimate of drug-likeness (QED) is 0.852. The molecule has 4 heteroatoms. The van der Waals surface area contributed by atoms with Gasteiger partial charge in [-0.25, -0.2) is 0 Å². The first-order valence-corrected chi connectivity index (χ1v) is 6.02. The lowest BCUT2D eigenvalue weighted by atomic mass is 9.95. The summed E-state index contributed by atoms with van der Waals surface area (Å²) in [5.41, 5.74) is 1.11. The maximum Gasteiger partial charge on any atom is 0.0728 e. The Morgan fingerprint density at radius 1 is 1.56 bits per heavy atom. The molecule has 1 aromatic heterocycles. The van der Waals surface area contributed by atoms with Crippen LogP contribution in [0, 0.1) is 5.92 Å². The van der Waals surface area contributed by atoms with Crippen LogP contribution in [-0.4, -0.2) is 28.5 Å². The van der Waals surface area contributed by atoms with E-state index in [1.807, 2.05) is 24.1 Å². The van der Waals surface area contributed by atoms with E-state index < -0.39 is 0 Å². The number of hydrogen-bond acceptors (Lipinski definition) is 3. The maximum absolute atomic E-state index is 5.75. The normalized spacial score (nSPS) is 26.0. The van der Waals surface area contributed by atoms with Gasteiger partial charge in [0, 0.05) is 25.9 Å². The molecule has 1 fully saturated rings. The summed E-state index contributed by atoms with van der Waals surface area (Å²) in [5, 5.41) is 7.68. The fourth-order valence-corrected chi connectivity index (χ4v) is 2.16. The lowest BCUT2D eigenvalue weighted by Crippen LogP contribution is -2.36. The van der Waals surface area contributed by atoms with Crippen molar-refractivity contribution in [2.45, 2.75) is 38.8 Å². The number of hydrogen-bond donors (Lipinski definition) is 1. The molecule has 0 aromatic carbocycles. The molecule has 1 N–H and O–H groups in total. The van der Waals surface area contributed by atoms with Gasteiger partial charge in [-0.2, -0.15) is 5.10 Å². The number of nitrogens with one attached hydrogen (secondary N) is 1. The standard InChI is InChI=1S/C12H21N3O/c1-9(2)12-6-10(4-5-16-12)14-11-7-13-15(3)8-11/h7-10,12,14H,4-6H2,1-3H3. The van der Waals surface area contributed by atoms with Crippen LogP contribution in [0.5, 0.6) is 0 Å². The highest BCUT2D eigenvalue weighted by Crippen LogP contribution is 2.22. The third-order valence-corrected chi connectivity index (χ3v) is 3.13. The molecule has 2 rings (SSSR count). The van der Waals surface area contributed by atoms with Crippen molar-refractivity contribution >= 4 is 5.69 Å². The van der Waals surface area contributed by atoms with Gasteiger partial charge in [-0.3, -0.25) is 4.68 Å². The van der Waals surface area contributed by atoms with Crippen LogP contribution >= 0.6 is 0 Å². The van der Waals surface area contributed by atoms with E-state index in [0.29, 0.717) is 18.1 Å². The van der Waals surface area contributed by atoms with Crippen LogP contribution in [0.25, 0.3) is 0 Å². The molecule has 1 saturated heterocycles. The predicted octanol–water partition coefficient (Wildman–Crippen LogP) is 2.04.